The number of hydrogen-bond acceptors (Lipinski definition) is 4. The van der Waals surface area contributed by atoms with Crippen LogP contribution in [0.5, 0.6) is 0 Å². The molecule has 3 aromatic heterocycles. The van der Waals surface area contributed by atoms with Gasteiger partial charge in [0.05, 0.1) is 0 Å². The fraction of sp³-hybridized carbons (Fsp3) is 0.474. The van der Waals surface area contributed by atoms with E-state index >= 15 is 0 Å². The third-order valence-electron chi connectivity index (χ3n) is 12.7. The summed E-state index contributed by atoms with van der Waals surface area (Å²) in [5.74, 6) is 0. The van der Waals surface area contributed by atoms with Crippen LogP contribution < -0.4 is 4.90 Å². The predicted molar refractivity (Wildman–Crippen MR) is 277 cm³/mol. The Balaban J connectivity index is 1.21. The van der Waals surface area contributed by atoms with Gasteiger partial charge in [-0.3, -0.25) is 0 Å². The van der Waals surface area contributed by atoms with Gasteiger partial charge in [0.2, 0.25) is 0 Å². The largest absolute Gasteiger partial charge is 0.311 e. The number of benzene rings is 3. The van der Waals surface area contributed by atoms with Crippen molar-refractivity contribution >= 4 is 51.1 Å². The summed E-state index contributed by atoms with van der Waals surface area (Å²) < 4.78 is 0. The Morgan fingerprint density at radius 3 is 0.836 bits per heavy atom. The van der Waals surface area contributed by atoms with Gasteiger partial charge in [-0.1, -0.05) is 153 Å². The van der Waals surface area contributed by atoms with Gasteiger partial charge in [0.25, 0.3) is 0 Å². The van der Waals surface area contributed by atoms with Crippen LogP contribution in [0.25, 0.3) is 31.3 Å². The number of anilines is 3. The first-order valence-electron chi connectivity index (χ1n) is 24.3. The smallest absolute Gasteiger partial charge is 0.0462 e. The van der Waals surface area contributed by atoms with Gasteiger partial charge in [-0.15, -0.1) is 34.0 Å². The molecule has 0 spiro atoms. The van der Waals surface area contributed by atoms with Gasteiger partial charge >= 0.3 is 0 Å². The van der Waals surface area contributed by atoms with Crippen molar-refractivity contribution in [3.63, 3.8) is 0 Å². The summed E-state index contributed by atoms with van der Waals surface area (Å²) in [6, 6.07) is 35.4. The first-order chi connectivity index (χ1) is 29.9. The fourth-order valence-corrected chi connectivity index (χ4v) is 12.0. The van der Waals surface area contributed by atoms with E-state index in [-0.39, 0.29) is 0 Å². The van der Waals surface area contributed by atoms with Crippen molar-refractivity contribution in [2.75, 3.05) is 4.90 Å². The third kappa shape index (κ3) is 13.8. The average molecular weight is 870 g/mol. The second-order valence-electron chi connectivity index (χ2n) is 17.6. The van der Waals surface area contributed by atoms with Crippen molar-refractivity contribution in [3.05, 3.63) is 122 Å². The summed E-state index contributed by atoms with van der Waals surface area (Å²) in [6.45, 7) is 13.8. The van der Waals surface area contributed by atoms with Crippen LogP contribution in [-0.2, 0) is 19.3 Å². The lowest BCUT2D eigenvalue weighted by molar-refractivity contribution is 0.607. The molecule has 3 heterocycles. The van der Waals surface area contributed by atoms with Crippen LogP contribution in [0.1, 0.15) is 168 Å². The van der Waals surface area contributed by atoms with Crippen LogP contribution in [0.4, 0.5) is 17.1 Å². The minimum absolute atomic E-state index is 1.19. The first-order valence-corrected chi connectivity index (χ1v) is 26.7. The zero-order valence-electron chi connectivity index (χ0n) is 38.7. The highest BCUT2D eigenvalue weighted by atomic mass is 32.1. The van der Waals surface area contributed by atoms with Gasteiger partial charge in [0.15, 0.2) is 0 Å². The first kappa shape index (κ1) is 47.0. The molecule has 326 valence electrons. The standard InChI is InChI=1S/C57H75NS3/c1-7-10-13-16-19-22-25-49-40-55(59-43(49)4)46-28-34-52(35-29-46)58(53-36-30-47(31-37-53)56-41-50(44(5)60-56)26-23-20-17-14-11-8-2)54-38-32-48(33-39-54)57-42-51(45(6)61-57)27-24-21-18-15-12-9-3/h28-42H,7-27H2,1-6H3. The second kappa shape index (κ2) is 25.0. The number of hydrogen-bond donors (Lipinski definition) is 0. The van der Waals surface area contributed by atoms with E-state index in [4.69, 9.17) is 0 Å². The molecule has 0 amide bonds. The number of rotatable bonds is 27. The Hall–Kier alpha value is -3.44. The molecule has 0 radical (unpaired) electrons. The van der Waals surface area contributed by atoms with Gasteiger partial charge in [-0.25, -0.2) is 0 Å². The van der Waals surface area contributed by atoms with Crippen molar-refractivity contribution in [1.29, 1.82) is 0 Å². The molecule has 0 unspecified atom stereocenters. The average Bonchev–Trinajstić information content (AvgIpc) is 3.97. The van der Waals surface area contributed by atoms with Crippen LogP contribution in [-0.4, -0.2) is 0 Å². The van der Waals surface area contributed by atoms with E-state index in [1.165, 1.54) is 215 Å². The zero-order chi connectivity index (χ0) is 42.8. The molecule has 0 atom stereocenters. The van der Waals surface area contributed by atoms with E-state index in [0.717, 1.165) is 0 Å². The monoisotopic (exact) mass is 870 g/mol. The van der Waals surface area contributed by atoms with Gasteiger partial charge in [0.1, 0.15) is 0 Å². The quantitative estimate of drug-likeness (QED) is 0.0466. The Morgan fingerprint density at radius 1 is 0.328 bits per heavy atom. The molecule has 6 rings (SSSR count). The molecule has 6 aromatic rings. The van der Waals surface area contributed by atoms with Crippen molar-refractivity contribution in [1.82, 2.24) is 0 Å². The third-order valence-corrected chi connectivity index (χ3v) is 16.1. The number of thiophene rings is 3. The molecule has 61 heavy (non-hydrogen) atoms. The van der Waals surface area contributed by atoms with E-state index < -0.39 is 0 Å². The molecule has 0 N–H and O–H groups in total. The van der Waals surface area contributed by atoms with Crippen molar-refractivity contribution < 1.29 is 0 Å². The summed E-state index contributed by atoms with van der Waals surface area (Å²) in [5.41, 5.74) is 12.1. The normalized spacial score (nSPS) is 11.5. The van der Waals surface area contributed by atoms with Crippen molar-refractivity contribution in [3.8, 4) is 31.3 Å². The Labute approximate surface area is 383 Å². The molecular weight excluding hydrogens is 795 g/mol. The molecule has 0 saturated heterocycles. The van der Waals surface area contributed by atoms with Crippen LogP contribution in [0.2, 0.25) is 0 Å². The summed E-state index contributed by atoms with van der Waals surface area (Å²) >= 11 is 5.86. The SMILES string of the molecule is CCCCCCCCc1cc(-c2ccc(N(c3ccc(-c4cc(CCCCCCCC)c(C)s4)cc3)c3ccc(-c4cc(CCCCCCCC)c(C)s4)cc3)cc2)sc1C. The number of unbranched alkanes of at least 4 members (excludes halogenated alkanes) is 15. The van der Waals surface area contributed by atoms with Crippen LogP contribution in [0.3, 0.4) is 0 Å². The lowest BCUT2D eigenvalue weighted by Gasteiger charge is -2.26. The fourth-order valence-electron chi connectivity index (χ4n) is 8.79. The van der Waals surface area contributed by atoms with Gasteiger partial charge in [0, 0.05) is 46.3 Å². The summed E-state index contributed by atoms with van der Waals surface area (Å²) in [7, 11) is 0. The van der Waals surface area contributed by atoms with Gasteiger partial charge in [-0.2, -0.15) is 0 Å². The molecule has 4 heteroatoms. The lowest BCUT2D eigenvalue weighted by Crippen LogP contribution is -2.09. The molecule has 1 nitrogen and oxygen atoms in total. The van der Waals surface area contributed by atoms with E-state index in [1.807, 2.05) is 34.0 Å². The lowest BCUT2D eigenvalue weighted by atomic mass is 10.0. The molecular formula is C57H75NS3. The Bertz CT molecular complexity index is 1900. The summed E-state index contributed by atoms with van der Waals surface area (Å²) in [6.07, 6.45) is 27.8. The zero-order valence-corrected chi connectivity index (χ0v) is 41.1. The Morgan fingerprint density at radius 2 is 0.574 bits per heavy atom. The van der Waals surface area contributed by atoms with Crippen LogP contribution >= 0.6 is 34.0 Å². The minimum Gasteiger partial charge on any atom is -0.311 e. The van der Waals surface area contributed by atoms with Crippen LogP contribution in [0.15, 0.2) is 91.0 Å². The maximum absolute atomic E-state index is 2.47. The Kier molecular flexibility index (Phi) is 19.3. The van der Waals surface area contributed by atoms with E-state index in [1.54, 1.807) is 0 Å². The molecule has 0 aliphatic carbocycles. The molecule has 3 aromatic carbocycles. The highest BCUT2D eigenvalue weighted by Crippen LogP contribution is 2.41. The van der Waals surface area contributed by atoms with E-state index in [0.29, 0.717) is 0 Å². The van der Waals surface area contributed by atoms with Crippen molar-refractivity contribution in [2.45, 2.75) is 176 Å². The molecule has 0 fully saturated rings. The van der Waals surface area contributed by atoms with Gasteiger partial charge < -0.3 is 4.90 Å². The predicted octanol–water partition coefficient (Wildman–Crippen LogP) is 20.0. The van der Waals surface area contributed by atoms with E-state index in [2.05, 4.69) is 137 Å². The van der Waals surface area contributed by atoms with Crippen molar-refractivity contribution in [2.24, 2.45) is 0 Å². The second-order valence-corrected chi connectivity index (χ2v) is 21.4. The maximum atomic E-state index is 2.47. The summed E-state index contributed by atoms with van der Waals surface area (Å²) in [5, 5.41) is 0. The highest BCUT2D eigenvalue weighted by Gasteiger charge is 2.17. The molecule has 0 bridgehead atoms. The molecule has 0 aliphatic heterocycles. The highest BCUT2D eigenvalue weighted by molar-refractivity contribution is 7.16. The number of nitrogens with zero attached hydrogens (tertiary/aromatic N) is 1. The topological polar surface area (TPSA) is 3.24 Å². The maximum Gasteiger partial charge on any atom is 0.0462 e. The molecule has 0 saturated carbocycles. The van der Waals surface area contributed by atoms with Gasteiger partial charge in [-0.05, 0) is 147 Å². The van der Waals surface area contributed by atoms with Crippen LogP contribution in [0, 0.1) is 20.8 Å². The minimum atomic E-state index is 1.19. The number of aryl methyl sites for hydroxylation is 6. The summed E-state index contributed by atoms with van der Waals surface area (Å²) in [4.78, 5) is 11.0. The molecule has 0 aliphatic rings. The van der Waals surface area contributed by atoms with E-state index in [9.17, 15) is 0 Å².